The van der Waals surface area contributed by atoms with E-state index in [0.717, 1.165) is 28.3 Å². The molecule has 0 bridgehead atoms. The Hall–Kier alpha value is -2.41. The number of ketones is 1. The zero-order valence-electron chi connectivity index (χ0n) is 11.8. The summed E-state index contributed by atoms with van der Waals surface area (Å²) >= 11 is 1.03. The Morgan fingerprint density at radius 1 is 1.38 bits per heavy atom. The molecule has 2 aromatic rings. The number of aromatic nitrogens is 1. The van der Waals surface area contributed by atoms with Gasteiger partial charge in [-0.1, -0.05) is 11.3 Å². The van der Waals surface area contributed by atoms with Crippen molar-refractivity contribution in [2.45, 2.75) is 13.8 Å². The van der Waals surface area contributed by atoms with Crippen LogP contribution in [0.2, 0.25) is 0 Å². The van der Waals surface area contributed by atoms with E-state index in [4.69, 9.17) is 9.84 Å². The number of aromatic carboxylic acids is 1. The predicted molar refractivity (Wildman–Crippen MR) is 80.1 cm³/mol. The zero-order valence-corrected chi connectivity index (χ0v) is 12.6. The number of nitrogens with zero attached hydrogens (tertiary/aromatic N) is 1. The van der Waals surface area contributed by atoms with Gasteiger partial charge in [-0.05, 0) is 30.7 Å². The fourth-order valence-electron chi connectivity index (χ4n) is 1.78. The number of carbonyl (C=O) groups is 2. The highest BCUT2D eigenvalue weighted by molar-refractivity contribution is 7.17. The first-order valence-electron chi connectivity index (χ1n) is 6.09. The number of carboxylic acid groups (broad SMARTS) is 1. The summed E-state index contributed by atoms with van der Waals surface area (Å²) in [5.41, 5.74) is 1.48. The largest absolute Gasteiger partial charge is 0.497 e. The molecule has 0 unspecified atom stereocenters. The predicted octanol–water partition coefficient (Wildman–Crippen LogP) is 3.10. The van der Waals surface area contributed by atoms with Gasteiger partial charge in [-0.25, -0.2) is 9.78 Å². The van der Waals surface area contributed by atoms with E-state index in [0.29, 0.717) is 5.13 Å². The normalized spacial score (nSPS) is 10.2. The lowest BCUT2D eigenvalue weighted by molar-refractivity contribution is 0.0687. The summed E-state index contributed by atoms with van der Waals surface area (Å²) in [5, 5.41) is 12.5. The van der Waals surface area contributed by atoms with Crippen LogP contribution in [0.4, 0.5) is 10.8 Å². The number of ether oxygens (including phenoxy) is 1. The van der Waals surface area contributed by atoms with Crippen LogP contribution in [-0.4, -0.2) is 29.0 Å². The molecule has 0 spiro atoms. The lowest BCUT2D eigenvalue weighted by Crippen LogP contribution is -2.03. The maximum Gasteiger partial charge on any atom is 0.356 e. The maximum absolute atomic E-state index is 11.4. The van der Waals surface area contributed by atoms with Crippen LogP contribution in [0.25, 0.3) is 0 Å². The van der Waals surface area contributed by atoms with Crippen molar-refractivity contribution in [2.75, 3.05) is 12.4 Å². The number of hydrogen-bond acceptors (Lipinski definition) is 6. The average molecular weight is 306 g/mol. The van der Waals surface area contributed by atoms with Gasteiger partial charge in [0.2, 0.25) is 0 Å². The average Bonchev–Trinajstić information content (AvgIpc) is 2.85. The highest BCUT2D eigenvalue weighted by Crippen LogP contribution is 2.29. The number of Topliss-reactive ketones (excluding diaryl/α,β-unsaturated/α-hetero) is 1. The number of nitrogens with one attached hydrogen (secondary N) is 1. The van der Waals surface area contributed by atoms with Crippen molar-refractivity contribution in [3.05, 3.63) is 34.3 Å². The number of anilines is 2. The van der Waals surface area contributed by atoms with Crippen molar-refractivity contribution in [2.24, 2.45) is 0 Å². The quantitative estimate of drug-likeness (QED) is 0.825. The van der Waals surface area contributed by atoms with Gasteiger partial charge in [-0.2, -0.15) is 0 Å². The van der Waals surface area contributed by atoms with Crippen LogP contribution in [0.1, 0.15) is 32.6 Å². The van der Waals surface area contributed by atoms with Gasteiger partial charge in [-0.3, -0.25) is 4.79 Å². The van der Waals surface area contributed by atoms with Crippen molar-refractivity contribution in [1.29, 1.82) is 0 Å². The Morgan fingerprint density at radius 3 is 2.57 bits per heavy atom. The van der Waals surface area contributed by atoms with Crippen molar-refractivity contribution in [3.8, 4) is 5.75 Å². The molecule has 0 amide bonds. The molecule has 21 heavy (non-hydrogen) atoms. The number of carboxylic acids is 1. The second-order valence-electron chi connectivity index (χ2n) is 4.36. The number of thiazole rings is 1. The standard InChI is InChI=1S/C14H14N2O4S/c1-7-6-9(20-3)4-5-10(7)15-14-16-11(13(18)19)12(21-14)8(2)17/h4-6H,1-3H3,(H,15,16)(H,18,19). The Bertz CT molecular complexity index is 677. The smallest absolute Gasteiger partial charge is 0.356 e. The number of carbonyl (C=O) groups excluding carboxylic acids is 1. The Labute approximate surface area is 125 Å². The molecule has 1 heterocycles. The number of methoxy groups -OCH3 is 1. The maximum atomic E-state index is 11.4. The van der Waals surface area contributed by atoms with Gasteiger partial charge in [0.15, 0.2) is 16.6 Å². The van der Waals surface area contributed by atoms with E-state index in [2.05, 4.69) is 10.3 Å². The van der Waals surface area contributed by atoms with Crippen molar-refractivity contribution < 1.29 is 19.4 Å². The molecule has 2 rings (SSSR count). The van der Waals surface area contributed by atoms with Gasteiger partial charge in [0, 0.05) is 12.6 Å². The van der Waals surface area contributed by atoms with E-state index < -0.39 is 5.97 Å². The van der Waals surface area contributed by atoms with Gasteiger partial charge in [0.05, 0.1) is 7.11 Å². The number of aryl methyl sites for hydroxylation is 1. The molecule has 110 valence electrons. The SMILES string of the molecule is COc1ccc(Nc2nc(C(=O)O)c(C(C)=O)s2)c(C)c1. The van der Waals surface area contributed by atoms with Crippen LogP contribution in [0, 0.1) is 6.92 Å². The molecule has 0 saturated heterocycles. The summed E-state index contributed by atoms with van der Waals surface area (Å²) in [4.78, 5) is 26.6. The first kappa shape index (κ1) is 15.0. The summed E-state index contributed by atoms with van der Waals surface area (Å²) in [7, 11) is 1.58. The zero-order chi connectivity index (χ0) is 15.6. The van der Waals surface area contributed by atoms with Crippen molar-refractivity contribution >= 4 is 33.9 Å². The fraction of sp³-hybridized carbons (Fsp3) is 0.214. The van der Waals surface area contributed by atoms with Gasteiger partial charge in [-0.15, -0.1) is 0 Å². The van der Waals surface area contributed by atoms with Crippen LogP contribution in [0.15, 0.2) is 18.2 Å². The molecule has 0 fully saturated rings. The van der Waals surface area contributed by atoms with E-state index in [1.165, 1.54) is 6.92 Å². The fourth-order valence-corrected chi connectivity index (χ4v) is 2.64. The van der Waals surface area contributed by atoms with Crippen molar-refractivity contribution in [3.63, 3.8) is 0 Å². The molecule has 2 N–H and O–H groups in total. The highest BCUT2D eigenvalue weighted by Gasteiger charge is 2.20. The van der Waals surface area contributed by atoms with E-state index in [9.17, 15) is 9.59 Å². The lowest BCUT2D eigenvalue weighted by Gasteiger charge is -2.08. The molecule has 1 aromatic heterocycles. The summed E-state index contributed by atoms with van der Waals surface area (Å²) < 4.78 is 5.12. The van der Waals surface area contributed by atoms with E-state index >= 15 is 0 Å². The molecule has 0 atom stereocenters. The minimum Gasteiger partial charge on any atom is -0.497 e. The van der Waals surface area contributed by atoms with Gasteiger partial charge < -0.3 is 15.2 Å². The second kappa shape index (κ2) is 5.92. The number of benzene rings is 1. The van der Waals surface area contributed by atoms with Gasteiger partial charge >= 0.3 is 5.97 Å². The summed E-state index contributed by atoms with van der Waals surface area (Å²) in [6.45, 7) is 3.21. The highest BCUT2D eigenvalue weighted by atomic mass is 32.1. The first-order chi connectivity index (χ1) is 9.92. The molecule has 0 aliphatic carbocycles. The Morgan fingerprint density at radius 2 is 2.10 bits per heavy atom. The van der Waals surface area contributed by atoms with Crippen molar-refractivity contribution in [1.82, 2.24) is 4.98 Å². The molecule has 6 nitrogen and oxygen atoms in total. The molecular weight excluding hydrogens is 292 g/mol. The minimum atomic E-state index is -1.21. The Balaban J connectivity index is 2.34. The van der Waals surface area contributed by atoms with Crippen LogP contribution >= 0.6 is 11.3 Å². The topological polar surface area (TPSA) is 88.5 Å². The molecule has 1 aromatic carbocycles. The van der Waals surface area contributed by atoms with Crippen LogP contribution in [0.5, 0.6) is 5.75 Å². The third-order valence-electron chi connectivity index (χ3n) is 2.82. The third-order valence-corrected chi connectivity index (χ3v) is 3.90. The molecule has 0 saturated carbocycles. The molecular formula is C14H14N2O4S. The van der Waals surface area contributed by atoms with Crippen LogP contribution < -0.4 is 10.1 Å². The Kier molecular flexibility index (Phi) is 4.23. The summed E-state index contributed by atoms with van der Waals surface area (Å²) in [5.74, 6) is -0.798. The molecule has 0 aliphatic heterocycles. The van der Waals surface area contributed by atoms with Gasteiger partial charge in [0.1, 0.15) is 10.6 Å². The molecule has 0 aliphatic rings. The minimum absolute atomic E-state index is 0.135. The number of hydrogen-bond donors (Lipinski definition) is 2. The molecule has 0 radical (unpaired) electrons. The van der Waals surface area contributed by atoms with E-state index in [-0.39, 0.29) is 16.4 Å². The third kappa shape index (κ3) is 3.19. The monoisotopic (exact) mass is 306 g/mol. The van der Waals surface area contributed by atoms with Gasteiger partial charge in [0.25, 0.3) is 0 Å². The number of rotatable bonds is 5. The van der Waals surface area contributed by atoms with E-state index in [1.807, 2.05) is 19.1 Å². The summed E-state index contributed by atoms with van der Waals surface area (Å²) in [6, 6.07) is 5.44. The van der Waals surface area contributed by atoms with Crippen LogP contribution in [0.3, 0.4) is 0 Å². The lowest BCUT2D eigenvalue weighted by atomic mass is 10.2. The van der Waals surface area contributed by atoms with E-state index in [1.54, 1.807) is 13.2 Å². The first-order valence-corrected chi connectivity index (χ1v) is 6.90. The van der Waals surface area contributed by atoms with Crippen LogP contribution in [-0.2, 0) is 0 Å². The molecule has 7 heteroatoms. The summed E-state index contributed by atoms with van der Waals surface area (Å²) in [6.07, 6.45) is 0. The second-order valence-corrected chi connectivity index (χ2v) is 5.36.